The third-order valence-corrected chi connectivity index (χ3v) is 3.86. The Labute approximate surface area is 120 Å². The maximum absolute atomic E-state index is 12.2. The van der Waals surface area contributed by atoms with E-state index in [1.54, 1.807) is 7.11 Å². The molecule has 0 heterocycles. The highest BCUT2D eigenvalue weighted by Gasteiger charge is 2.30. The van der Waals surface area contributed by atoms with E-state index in [9.17, 15) is 9.59 Å². The number of nitrogens with one attached hydrogen (secondary N) is 1. The summed E-state index contributed by atoms with van der Waals surface area (Å²) in [5.74, 6) is -1.48. The van der Waals surface area contributed by atoms with Gasteiger partial charge in [-0.2, -0.15) is 0 Å². The van der Waals surface area contributed by atoms with Crippen LogP contribution in [0.25, 0.3) is 0 Å². The summed E-state index contributed by atoms with van der Waals surface area (Å²) in [6, 6.07) is -1.01. The highest BCUT2D eigenvalue weighted by Crippen LogP contribution is 2.22. The monoisotopic (exact) mass is 286 g/mol. The van der Waals surface area contributed by atoms with Crippen LogP contribution in [0.1, 0.15) is 44.9 Å². The minimum atomic E-state index is -1.00. The predicted octanol–water partition coefficient (Wildman–Crippen LogP) is 0.890. The average molecular weight is 286 g/mol. The van der Waals surface area contributed by atoms with Crippen LogP contribution in [0.15, 0.2) is 0 Å². The van der Waals surface area contributed by atoms with Crippen LogP contribution in [-0.2, 0) is 14.3 Å². The molecule has 1 amide bonds. The summed E-state index contributed by atoms with van der Waals surface area (Å²) in [5, 5.41) is 11.8. The van der Waals surface area contributed by atoms with E-state index >= 15 is 0 Å². The molecular weight excluding hydrogens is 260 g/mol. The van der Waals surface area contributed by atoms with Crippen molar-refractivity contribution in [1.82, 2.24) is 5.32 Å². The van der Waals surface area contributed by atoms with E-state index in [1.807, 2.05) is 0 Å². The standard InChI is InChI=1S/C14H26N2O4/c1-20-9-5-8-12(14(18)19)16-13(17)10-6-3-2-4-7-11(10)15/h10-12H,2-9,15H2,1H3,(H,16,17)(H,18,19). The Kier molecular flexibility index (Phi) is 7.54. The fourth-order valence-corrected chi connectivity index (χ4v) is 2.63. The Morgan fingerprint density at radius 3 is 2.70 bits per heavy atom. The first-order valence-electron chi connectivity index (χ1n) is 7.34. The fourth-order valence-electron chi connectivity index (χ4n) is 2.63. The fraction of sp³-hybridized carbons (Fsp3) is 0.857. The number of carboxylic acid groups (broad SMARTS) is 1. The molecule has 6 heteroatoms. The summed E-state index contributed by atoms with van der Waals surface area (Å²) >= 11 is 0. The topological polar surface area (TPSA) is 102 Å². The van der Waals surface area contributed by atoms with Gasteiger partial charge in [0.2, 0.25) is 5.91 Å². The average Bonchev–Trinajstić information content (AvgIpc) is 2.62. The SMILES string of the molecule is COCCCC(NC(=O)C1CCCCCC1N)C(=O)O. The molecule has 0 bridgehead atoms. The second-order valence-electron chi connectivity index (χ2n) is 5.44. The zero-order valence-electron chi connectivity index (χ0n) is 12.1. The molecule has 1 aliphatic rings. The second kappa shape index (κ2) is 8.92. The number of carbonyl (C=O) groups excluding carboxylic acids is 1. The molecule has 20 heavy (non-hydrogen) atoms. The summed E-state index contributed by atoms with van der Waals surface area (Å²) in [6.07, 6.45) is 5.67. The normalized spacial score (nSPS) is 24.7. The number of aliphatic carboxylic acids is 1. The van der Waals surface area contributed by atoms with E-state index in [0.29, 0.717) is 19.4 Å². The molecule has 0 aromatic heterocycles. The van der Waals surface area contributed by atoms with Crippen LogP contribution in [0.4, 0.5) is 0 Å². The first-order chi connectivity index (χ1) is 9.56. The molecule has 3 unspecified atom stereocenters. The van der Waals surface area contributed by atoms with Crippen LogP contribution in [-0.4, -0.2) is 42.8 Å². The van der Waals surface area contributed by atoms with E-state index < -0.39 is 12.0 Å². The Bertz CT molecular complexity index is 322. The molecule has 0 aromatic rings. The highest BCUT2D eigenvalue weighted by molar-refractivity contribution is 5.85. The van der Waals surface area contributed by atoms with Crippen molar-refractivity contribution in [2.24, 2.45) is 11.7 Å². The van der Waals surface area contributed by atoms with Crippen molar-refractivity contribution < 1.29 is 19.4 Å². The number of methoxy groups -OCH3 is 1. The van der Waals surface area contributed by atoms with Crippen LogP contribution in [0.3, 0.4) is 0 Å². The predicted molar refractivity (Wildman–Crippen MR) is 75.2 cm³/mol. The first kappa shape index (κ1) is 16.9. The van der Waals surface area contributed by atoms with Gasteiger partial charge in [-0.1, -0.05) is 19.3 Å². The summed E-state index contributed by atoms with van der Waals surface area (Å²) in [5.41, 5.74) is 6.03. The number of nitrogens with two attached hydrogens (primary N) is 1. The molecule has 1 saturated carbocycles. The molecule has 4 N–H and O–H groups in total. The van der Waals surface area contributed by atoms with Gasteiger partial charge in [-0.05, 0) is 25.7 Å². The van der Waals surface area contributed by atoms with Crippen LogP contribution in [0.2, 0.25) is 0 Å². The summed E-state index contributed by atoms with van der Waals surface area (Å²) in [4.78, 5) is 23.4. The van der Waals surface area contributed by atoms with Gasteiger partial charge in [0.25, 0.3) is 0 Å². The maximum Gasteiger partial charge on any atom is 0.326 e. The van der Waals surface area contributed by atoms with Crippen molar-refractivity contribution >= 4 is 11.9 Å². The van der Waals surface area contributed by atoms with Crippen molar-refractivity contribution in [3.8, 4) is 0 Å². The molecule has 1 rings (SSSR count). The number of carbonyl (C=O) groups is 2. The highest BCUT2D eigenvalue weighted by atomic mass is 16.5. The van der Waals surface area contributed by atoms with Gasteiger partial charge in [-0.3, -0.25) is 4.79 Å². The molecule has 3 atom stereocenters. The maximum atomic E-state index is 12.2. The lowest BCUT2D eigenvalue weighted by Crippen LogP contribution is -2.48. The van der Waals surface area contributed by atoms with Gasteiger partial charge >= 0.3 is 5.97 Å². The Balaban J connectivity index is 2.53. The van der Waals surface area contributed by atoms with Crippen molar-refractivity contribution in [3.63, 3.8) is 0 Å². The number of hydrogen-bond acceptors (Lipinski definition) is 4. The molecule has 6 nitrogen and oxygen atoms in total. The van der Waals surface area contributed by atoms with Gasteiger partial charge in [0.05, 0.1) is 5.92 Å². The molecule has 116 valence electrons. The van der Waals surface area contributed by atoms with Crippen molar-refractivity contribution in [2.45, 2.75) is 57.0 Å². The van der Waals surface area contributed by atoms with Crippen LogP contribution in [0, 0.1) is 5.92 Å². The summed E-state index contributed by atoms with van der Waals surface area (Å²) in [6.45, 7) is 0.489. The summed E-state index contributed by atoms with van der Waals surface area (Å²) in [7, 11) is 1.57. The number of rotatable bonds is 7. The Hall–Kier alpha value is -1.14. The lowest BCUT2D eigenvalue weighted by molar-refractivity contribution is -0.143. The minimum absolute atomic E-state index is 0.161. The Morgan fingerprint density at radius 2 is 2.05 bits per heavy atom. The number of ether oxygens (including phenoxy) is 1. The Morgan fingerprint density at radius 1 is 1.35 bits per heavy atom. The van der Waals surface area contributed by atoms with E-state index in [1.165, 1.54) is 0 Å². The summed E-state index contributed by atoms with van der Waals surface area (Å²) < 4.78 is 4.90. The van der Waals surface area contributed by atoms with Crippen molar-refractivity contribution in [2.75, 3.05) is 13.7 Å². The van der Waals surface area contributed by atoms with Crippen LogP contribution >= 0.6 is 0 Å². The lowest BCUT2D eigenvalue weighted by Gasteiger charge is -2.23. The van der Waals surface area contributed by atoms with Gasteiger partial charge < -0.3 is 20.9 Å². The molecular formula is C14H26N2O4. The van der Waals surface area contributed by atoms with Gasteiger partial charge in [0.15, 0.2) is 0 Å². The smallest absolute Gasteiger partial charge is 0.326 e. The molecule has 0 spiro atoms. The zero-order valence-corrected chi connectivity index (χ0v) is 12.1. The molecule has 0 radical (unpaired) electrons. The first-order valence-corrected chi connectivity index (χ1v) is 7.34. The molecule has 1 aliphatic carbocycles. The zero-order chi connectivity index (χ0) is 15.0. The minimum Gasteiger partial charge on any atom is -0.480 e. The van der Waals surface area contributed by atoms with Crippen LogP contribution in [0.5, 0.6) is 0 Å². The molecule has 0 aromatic carbocycles. The quantitative estimate of drug-likeness (QED) is 0.476. The van der Waals surface area contributed by atoms with Gasteiger partial charge in [-0.25, -0.2) is 4.79 Å². The lowest BCUT2D eigenvalue weighted by atomic mass is 9.94. The third kappa shape index (κ3) is 5.46. The molecule has 1 fully saturated rings. The van der Waals surface area contributed by atoms with E-state index in [0.717, 1.165) is 32.1 Å². The largest absolute Gasteiger partial charge is 0.480 e. The van der Waals surface area contributed by atoms with E-state index in [-0.39, 0.29) is 17.9 Å². The third-order valence-electron chi connectivity index (χ3n) is 3.86. The number of carboxylic acids is 1. The van der Waals surface area contributed by atoms with Gasteiger partial charge in [0, 0.05) is 19.8 Å². The molecule has 0 aliphatic heterocycles. The van der Waals surface area contributed by atoms with Crippen molar-refractivity contribution in [3.05, 3.63) is 0 Å². The van der Waals surface area contributed by atoms with Crippen molar-refractivity contribution in [1.29, 1.82) is 0 Å². The number of hydrogen-bond donors (Lipinski definition) is 3. The number of amides is 1. The second-order valence-corrected chi connectivity index (χ2v) is 5.44. The van der Waals surface area contributed by atoms with Gasteiger partial charge in [-0.15, -0.1) is 0 Å². The van der Waals surface area contributed by atoms with E-state index in [4.69, 9.17) is 15.6 Å². The molecule has 0 saturated heterocycles. The van der Waals surface area contributed by atoms with Crippen LogP contribution < -0.4 is 11.1 Å². The van der Waals surface area contributed by atoms with E-state index in [2.05, 4.69) is 5.32 Å². The van der Waals surface area contributed by atoms with Gasteiger partial charge in [0.1, 0.15) is 6.04 Å².